The van der Waals surface area contributed by atoms with Crippen LogP contribution in [-0.4, -0.2) is 24.9 Å². The summed E-state index contributed by atoms with van der Waals surface area (Å²) >= 11 is 5.83. The van der Waals surface area contributed by atoms with E-state index in [-0.39, 0.29) is 18.3 Å². The summed E-state index contributed by atoms with van der Waals surface area (Å²) in [5.74, 6) is 0.347. The number of rotatable bonds is 6. The largest absolute Gasteiger partial charge is 0.384 e. The van der Waals surface area contributed by atoms with E-state index in [0.29, 0.717) is 23.0 Å². The number of benzene rings is 1. The maximum atomic E-state index is 11.4. The lowest BCUT2D eigenvalue weighted by Crippen LogP contribution is -2.30. The van der Waals surface area contributed by atoms with Gasteiger partial charge in [0.15, 0.2) is 12.4 Å². The maximum absolute atomic E-state index is 11.4. The average molecular weight is 284 g/mol. The molecule has 19 heavy (non-hydrogen) atoms. The van der Waals surface area contributed by atoms with Crippen molar-refractivity contribution in [2.45, 2.75) is 13.8 Å². The van der Waals surface area contributed by atoms with Crippen molar-refractivity contribution in [3.63, 3.8) is 0 Å². The minimum Gasteiger partial charge on any atom is -0.384 e. The Morgan fingerprint density at radius 2 is 2.26 bits per heavy atom. The van der Waals surface area contributed by atoms with Gasteiger partial charge in [-0.25, -0.2) is 0 Å². The number of halogens is 1. The summed E-state index contributed by atoms with van der Waals surface area (Å²) in [6.45, 7) is 4.47. The number of hydrogen-bond acceptors (Lipinski definition) is 3. The number of carbonyl (C=O) groups is 1. The van der Waals surface area contributed by atoms with E-state index >= 15 is 0 Å². The molecule has 1 rings (SSSR count). The zero-order chi connectivity index (χ0) is 14.3. The van der Waals surface area contributed by atoms with Crippen molar-refractivity contribution in [3.8, 4) is 0 Å². The Bertz CT molecular complexity index is 461. The Balaban J connectivity index is 2.42. The smallest absolute Gasteiger partial charge is 0.260 e. The van der Waals surface area contributed by atoms with Crippen LogP contribution in [0, 0.1) is 5.92 Å². The molecule has 0 aromatic heterocycles. The molecule has 0 aliphatic carbocycles. The van der Waals surface area contributed by atoms with E-state index in [2.05, 4.69) is 10.5 Å². The molecular weight excluding hydrogens is 266 g/mol. The van der Waals surface area contributed by atoms with Gasteiger partial charge in [0.25, 0.3) is 5.91 Å². The molecule has 0 heterocycles. The van der Waals surface area contributed by atoms with Crippen LogP contribution in [-0.2, 0) is 9.63 Å². The summed E-state index contributed by atoms with van der Waals surface area (Å²) < 4.78 is 0. The Morgan fingerprint density at radius 1 is 1.53 bits per heavy atom. The van der Waals surface area contributed by atoms with E-state index in [1.807, 2.05) is 13.8 Å². The molecule has 6 heteroatoms. The minimum atomic E-state index is -0.226. The Labute approximate surface area is 117 Å². The first-order valence-corrected chi connectivity index (χ1v) is 6.35. The molecule has 1 aromatic rings. The van der Waals surface area contributed by atoms with E-state index in [1.54, 1.807) is 24.3 Å². The fraction of sp³-hybridized carbons (Fsp3) is 0.385. The predicted molar refractivity (Wildman–Crippen MR) is 76.0 cm³/mol. The number of nitrogens with one attached hydrogen (secondary N) is 1. The van der Waals surface area contributed by atoms with E-state index < -0.39 is 0 Å². The average Bonchev–Trinajstić information content (AvgIpc) is 2.36. The summed E-state index contributed by atoms with van der Waals surface area (Å²) in [5, 5.41) is 6.95. The zero-order valence-electron chi connectivity index (χ0n) is 11.0. The number of nitrogens with two attached hydrogens (primary N) is 1. The highest BCUT2D eigenvalue weighted by molar-refractivity contribution is 6.31. The summed E-state index contributed by atoms with van der Waals surface area (Å²) in [5.41, 5.74) is 6.36. The molecule has 5 nitrogen and oxygen atoms in total. The van der Waals surface area contributed by atoms with E-state index in [0.717, 1.165) is 0 Å². The van der Waals surface area contributed by atoms with Gasteiger partial charge in [-0.05, 0) is 18.1 Å². The lowest BCUT2D eigenvalue weighted by atomic mass is 10.2. The summed E-state index contributed by atoms with van der Waals surface area (Å²) in [6, 6.07) is 6.92. The second-order valence-electron chi connectivity index (χ2n) is 4.46. The second kappa shape index (κ2) is 7.63. The van der Waals surface area contributed by atoms with Crippen LogP contribution in [0.15, 0.2) is 29.4 Å². The van der Waals surface area contributed by atoms with Gasteiger partial charge in [0, 0.05) is 17.1 Å². The quantitative estimate of drug-likeness (QED) is 0.474. The fourth-order valence-electron chi connectivity index (χ4n) is 1.23. The molecule has 104 valence electrons. The molecule has 0 atom stereocenters. The fourth-order valence-corrected chi connectivity index (χ4v) is 1.42. The lowest BCUT2D eigenvalue weighted by molar-refractivity contribution is -0.125. The highest BCUT2D eigenvalue weighted by Gasteiger charge is 2.03. The normalized spacial score (nSPS) is 11.5. The Hall–Kier alpha value is -1.75. The topological polar surface area (TPSA) is 76.7 Å². The van der Waals surface area contributed by atoms with Crippen molar-refractivity contribution in [1.82, 2.24) is 5.32 Å². The first-order chi connectivity index (χ1) is 8.99. The van der Waals surface area contributed by atoms with Crippen molar-refractivity contribution in [3.05, 3.63) is 34.9 Å². The third-order valence-corrected chi connectivity index (χ3v) is 2.42. The van der Waals surface area contributed by atoms with Crippen LogP contribution in [0.1, 0.15) is 19.4 Å². The number of nitrogens with zero attached hydrogens (tertiary/aromatic N) is 1. The van der Waals surface area contributed by atoms with Crippen LogP contribution in [0.3, 0.4) is 0 Å². The number of amides is 1. The molecule has 3 N–H and O–H groups in total. The van der Waals surface area contributed by atoms with E-state index in [4.69, 9.17) is 22.2 Å². The number of hydrogen-bond donors (Lipinski definition) is 2. The third-order valence-electron chi connectivity index (χ3n) is 2.19. The highest BCUT2D eigenvalue weighted by Crippen LogP contribution is 2.10. The van der Waals surface area contributed by atoms with Crippen molar-refractivity contribution in [2.24, 2.45) is 16.8 Å². The van der Waals surface area contributed by atoms with Gasteiger partial charge in [0.2, 0.25) is 0 Å². The number of oxime groups is 1. The molecule has 0 aliphatic heterocycles. The van der Waals surface area contributed by atoms with E-state index in [9.17, 15) is 4.79 Å². The molecule has 0 radical (unpaired) electrons. The molecular formula is C13H18ClN3O2. The van der Waals surface area contributed by atoms with Gasteiger partial charge in [-0.2, -0.15) is 0 Å². The van der Waals surface area contributed by atoms with Crippen molar-refractivity contribution in [2.75, 3.05) is 13.2 Å². The second-order valence-corrected chi connectivity index (χ2v) is 4.89. The van der Waals surface area contributed by atoms with Crippen molar-refractivity contribution < 1.29 is 9.63 Å². The molecule has 1 aromatic carbocycles. The molecule has 0 fully saturated rings. The maximum Gasteiger partial charge on any atom is 0.260 e. The van der Waals surface area contributed by atoms with Crippen LogP contribution in [0.5, 0.6) is 0 Å². The Kier molecular flexibility index (Phi) is 6.15. The molecule has 0 saturated carbocycles. The Morgan fingerprint density at radius 3 is 2.89 bits per heavy atom. The molecule has 0 unspecified atom stereocenters. The van der Waals surface area contributed by atoms with E-state index in [1.165, 1.54) is 0 Å². The van der Waals surface area contributed by atoms with Gasteiger partial charge in [-0.15, -0.1) is 0 Å². The van der Waals surface area contributed by atoms with Crippen LogP contribution in [0.4, 0.5) is 0 Å². The minimum absolute atomic E-state index is 0.159. The number of amidine groups is 1. The van der Waals surface area contributed by atoms with Gasteiger partial charge in [0.05, 0.1) is 0 Å². The van der Waals surface area contributed by atoms with Gasteiger partial charge < -0.3 is 15.9 Å². The highest BCUT2D eigenvalue weighted by atomic mass is 35.5. The standard InChI is InChI=1S/C13H18ClN3O2/c1-9(2)7-16-12(18)8-19-17-13(15)10-4-3-5-11(14)6-10/h3-6,9H,7-8H2,1-2H3,(H2,15,17)(H,16,18). The van der Waals surface area contributed by atoms with Gasteiger partial charge in [0.1, 0.15) is 0 Å². The predicted octanol–water partition coefficient (Wildman–Crippen LogP) is 1.75. The molecule has 0 spiro atoms. The van der Waals surface area contributed by atoms with Crippen LogP contribution < -0.4 is 11.1 Å². The van der Waals surface area contributed by atoms with Crippen LogP contribution >= 0.6 is 11.6 Å². The molecule has 0 aliphatic rings. The molecule has 0 bridgehead atoms. The van der Waals surface area contributed by atoms with Crippen molar-refractivity contribution >= 4 is 23.3 Å². The van der Waals surface area contributed by atoms with Crippen molar-refractivity contribution in [1.29, 1.82) is 0 Å². The lowest BCUT2D eigenvalue weighted by Gasteiger charge is -2.06. The third kappa shape index (κ3) is 6.10. The molecule has 0 saturated heterocycles. The van der Waals surface area contributed by atoms with Gasteiger partial charge >= 0.3 is 0 Å². The molecule has 1 amide bonds. The first kappa shape index (κ1) is 15.3. The summed E-state index contributed by atoms with van der Waals surface area (Å²) in [7, 11) is 0. The van der Waals surface area contributed by atoms with Crippen LogP contribution in [0.2, 0.25) is 5.02 Å². The summed E-state index contributed by atoms with van der Waals surface area (Å²) in [6.07, 6.45) is 0. The zero-order valence-corrected chi connectivity index (χ0v) is 11.8. The van der Waals surface area contributed by atoms with Crippen LogP contribution in [0.25, 0.3) is 0 Å². The van der Waals surface area contributed by atoms with Gasteiger partial charge in [-0.3, -0.25) is 4.79 Å². The van der Waals surface area contributed by atoms with Gasteiger partial charge in [-0.1, -0.05) is 42.7 Å². The SMILES string of the molecule is CC(C)CNC(=O)CO/N=C(\N)c1cccc(Cl)c1. The summed E-state index contributed by atoms with van der Waals surface area (Å²) in [4.78, 5) is 16.2. The first-order valence-electron chi connectivity index (χ1n) is 5.97. The number of carbonyl (C=O) groups excluding carboxylic acids is 1. The monoisotopic (exact) mass is 283 g/mol.